The van der Waals surface area contributed by atoms with Gasteiger partial charge in [0.25, 0.3) is 0 Å². The lowest BCUT2D eigenvalue weighted by atomic mass is 10.2. The predicted molar refractivity (Wildman–Crippen MR) is 95.1 cm³/mol. The van der Waals surface area contributed by atoms with E-state index in [2.05, 4.69) is 15.3 Å². The second-order valence-corrected chi connectivity index (χ2v) is 5.59. The normalized spacial score (nSPS) is 11.0. The van der Waals surface area contributed by atoms with Crippen LogP contribution in [0.4, 0.5) is 11.5 Å². The molecule has 0 radical (unpaired) electrons. The number of hydrogen-bond donors (Lipinski definition) is 1. The number of furan rings is 1. The van der Waals surface area contributed by atoms with Gasteiger partial charge in [-0.2, -0.15) is 0 Å². The topological polar surface area (TPSA) is 77.2 Å². The molecule has 0 unspecified atom stereocenters. The number of ether oxygens (including phenoxy) is 1. The van der Waals surface area contributed by atoms with Crippen LogP contribution in [0.2, 0.25) is 0 Å². The zero-order valence-corrected chi connectivity index (χ0v) is 13.7. The number of nitrogens with one attached hydrogen (secondary N) is 1. The van der Waals surface area contributed by atoms with Crippen molar-refractivity contribution in [1.29, 1.82) is 0 Å². The van der Waals surface area contributed by atoms with E-state index in [-0.39, 0.29) is 5.97 Å². The average Bonchev–Trinajstić information content (AvgIpc) is 3.00. The summed E-state index contributed by atoms with van der Waals surface area (Å²) in [4.78, 5) is 20.5. The Hall–Kier alpha value is -3.41. The monoisotopic (exact) mass is 333 g/mol. The van der Waals surface area contributed by atoms with E-state index < -0.39 is 0 Å². The first-order valence-corrected chi connectivity index (χ1v) is 7.77. The zero-order chi connectivity index (χ0) is 17.4. The fourth-order valence-electron chi connectivity index (χ4n) is 2.73. The van der Waals surface area contributed by atoms with Crippen molar-refractivity contribution < 1.29 is 13.9 Å². The Bertz CT molecular complexity index is 1080. The van der Waals surface area contributed by atoms with E-state index in [0.717, 1.165) is 22.2 Å². The van der Waals surface area contributed by atoms with Crippen molar-refractivity contribution >= 4 is 39.5 Å². The third kappa shape index (κ3) is 2.67. The highest BCUT2D eigenvalue weighted by molar-refractivity contribution is 6.06. The molecule has 4 rings (SSSR count). The highest BCUT2D eigenvalue weighted by Gasteiger charge is 2.14. The molecule has 124 valence electrons. The number of anilines is 2. The largest absolute Gasteiger partial charge is 0.465 e. The van der Waals surface area contributed by atoms with E-state index in [9.17, 15) is 4.79 Å². The molecule has 4 aromatic rings. The number of benzene rings is 2. The van der Waals surface area contributed by atoms with Gasteiger partial charge in [-0.1, -0.05) is 12.1 Å². The van der Waals surface area contributed by atoms with Crippen LogP contribution in [0.15, 0.2) is 52.9 Å². The fraction of sp³-hybridized carbons (Fsp3) is 0.105. The van der Waals surface area contributed by atoms with Crippen molar-refractivity contribution in [3.05, 3.63) is 59.9 Å². The molecule has 0 saturated carbocycles. The minimum Gasteiger partial charge on any atom is -0.465 e. The van der Waals surface area contributed by atoms with Crippen LogP contribution in [0.5, 0.6) is 0 Å². The third-order valence-electron chi connectivity index (χ3n) is 3.90. The van der Waals surface area contributed by atoms with Gasteiger partial charge in [0.2, 0.25) is 0 Å². The summed E-state index contributed by atoms with van der Waals surface area (Å²) in [6.45, 7) is 1.84. The first-order chi connectivity index (χ1) is 12.2. The average molecular weight is 333 g/mol. The number of hydrogen-bond acceptors (Lipinski definition) is 6. The number of rotatable bonds is 3. The summed E-state index contributed by atoms with van der Waals surface area (Å²) in [6.07, 6.45) is 0. The number of esters is 1. The molecule has 0 amide bonds. The molecule has 0 aliphatic rings. The van der Waals surface area contributed by atoms with Crippen molar-refractivity contribution in [3.8, 4) is 0 Å². The fourth-order valence-corrected chi connectivity index (χ4v) is 2.73. The lowest BCUT2D eigenvalue weighted by Crippen LogP contribution is -2.02. The lowest BCUT2D eigenvalue weighted by Gasteiger charge is -2.07. The quantitative estimate of drug-likeness (QED) is 0.566. The van der Waals surface area contributed by atoms with E-state index in [1.54, 1.807) is 24.3 Å². The van der Waals surface area contributed by atoms with E-state index in [4.69, 9.17) is 9.15 Å². The molecule has 1 N–H and O–H groups in total. The molecule has 6 nitrogen and oxygen atoms in total. The number of aryl methyl sites for hydroxylation is 1. The van der Waals surface area contributed by atoms with E-state index in [0.29, 0.717) is 22.8 Å². The van der Waals surface area contributed by atoms with Crippen LogP contribution in [-0.2, 0) is 4.74 Å². The molecule has 0 aliphatic heterocycles. The summed E-state index contributed by atoms with van der Waals surface area (Å²) < 4.78 is 10.6. The van der Waals surface area contributed by atoms with Gasteiger partial charge in [0.05, 0.1) is 12.7 Å². The number of nitrogens with zero attached hydrogens (tertiary/aromatic N) is 2. The summed E-state index contributed by atoms with van der Waals surface area (Å²) in [5.41, 5.74) is 3.41. The molecule has 0 aliphatic carbocycles. The zero-order valence-electron chi connectivity index (χ0n) is 13.7. The molecule has 2 heterocycles. The van der Waals surface area contributed by atoms with Gasteiger partial charge in [0, 0.05) is 11.1 Å². The van der Waals surface area contributed by atoms with Gasteiger partial charge in [-0.05, 0) is 43.3 Å². The summed E-state index contributed by atoms with van der Waals surface area (Å²) >= 11 is 0. The van der Waals surface area contributed by atoms with Crippen molar-refractivity contribution in [2.75, 3.05) is 12.4 Å². The third-order valence-corrected chi connectivity index (χ3v) is 3.90. The molecule has 0 spiro atoms. The lowest BCUT2D eigenvalue weighted by molar-refractivity contribution is 0.0601. The standard InChI is InChI=1S/C19H15N3O3/c1-11-20-16-14-5-3-4-6-15(14)25-17(16)18(21-11)22-13-9-7-12(8-10-13)19(23)24-2/h3-10H,1-2H3,(H,20,21,22). The second kappa shape index (κ2) is 5.90. The van der Waals surface area contributed by atoms with Crippen LogP contribution in [0.3, 0.4) is 0 Å². The van der Waals surface area contributed by atoms with Crippen LogP contribution >= 0.6 is 0 Å². The van der Waals surface area contributed by atoms with Gasteiger partial charge in [-0.15, -0.1) is 0 Å². The minimum absolute atomic E-state index is 0.371. The Morgan fingerprint density at radius 1 is 1.08 bits per heavy atom. The Balaban J connectivity index is 1.77. The maximum absolute atomic E-state index is 11.5. The Kier molecular flexibility index (Phi) is 3.57. The van der Waals surface area contributed by atoms with Crippen molar-refractivity contribution in [1.82, 2.24) is 9.97 Å². The summed E-state index contributed by atoms with van der Waals surface area (Å²) in [5, 5.41) is 4.19. The van der Waals surface area contributed by atoms with Gasteiger partial charge >= 0.3 is 5.97 Å². The van der Waals surface area contributed by atoms with Crippen molar-refractivity contribution in [2.24, 2.45) is 0 Å². The predicted octanol–water partition coefficient (Wildman–Crippen LogP) is 4.21. The Morgan fingerprint density at radius 2 is 1.84 bits per heavy atom. The number of carbonyl (C=O) groups is 1. The van der Waals surface area contributed by atoms with Gasteiger partial charge in [0.1, 0.15) is 16.9 Å². The number of methoxy groups -OCH3 is 1. The number of aromatic nitrogens is 2. The first-order valence-electron chi connectivity index (χ1n) is 7.77. The second-order valence-electron chi connectivity index (χ2n) is 5.59. The van der Waals surface area contributed by atoms with E-state index >= 15 is 0 Å². The molecule has 0 bridgehead atoms. The number of para-hydroxylation sites is 1. The first kappa shape index (κ1) is 15.1. The SMILES string of the molecule is COC(=O)c1ccc(Nc2nc(C)nc3c2oc2ccccc23)cc1. The van der Waals surface area contributed by atoms with Gasteiger partial charge in [-0.3, -0.25) is 0 Å². The molecule has 25 heavy (non-hydrogen) atoms. The Labute approximate surface area is 143 Å². The van der Waals surface area contributed by atoms with Crippen LogP contribution in [0, 0.1) is 6.92 Å². The summed E-state index contributed by atoms with van der Waals surface area (Å²) in [5.74, 6) is 0.862. The van der Waals surface area contributed by atoms with E-state index in [1.165, 1.54) is 7.11 Å². The van der Waals surface area contributed by atoms with Crippen LogP contribution in [0.1, 0.15) is 16.2 Å². The highest BCUT2D eigenvalue weighted by Crippen LogP contribution is 2.32. The van der Waals surface area contributed by atoms with Gasteiger partial charge in [0.15, 0.2) is 11.4 Å². The maximum Gasteiger partial charge on any atom is 0.337 e. The van der Waals surface area contributed by atoms with Gasteiger partial charge in [-0.25, -0.2) is 14.8 Å². The molecular weight excluding hydrogens is 318 g/mol. The number of fused-ring (bicyclic) bond motifs is 3. The van der Waals surface area contributed by atoms with Crippen molar-refractivity contribution in [2.45, 2.75) is 6.92 Å². The van der Waals surface area contributed by atoms with Crippen LogP contribution in [0.25, 0.3) is 22.1 Å². The number of carbonyl (C=O) groups excluding carboxylic acids is 1. The highest BCUT2D eigenvalue weighted by atomic mass is 16.5. The molecule has 6 heteroatoms. The van der Waals surface area contributed by atoms with Gasteiger partial charge < -0.3 is 14.5 Å². The Morgan fingerprint density at radius 3 is 2.60 bits per heavy atom. The smallest absolute Gasteiger partial charge is 0.337 e. The molecule has 0 saturated heterocycles. The van der Waals surface area contributed by atoms with Crippen LogP contribution < -0.4 is 5.32 Å². The molecule has 2 aromatic carbocycles. The maximum atomic E-state index is 11.5. The molecular formula is C19H15N3O3. The molecule has 2 aromatic heterocycles. The van der Waals surface area contributed by atoms with E-state index in [1.807, 2.05) is 31.2 Å². The molecule has 0 atom stereocenters. The van der Waals surface area contributed by atoms with Crippen molar-refractivity contribution in [3.63, 3.8) is 0 Å². The van der Waals surface area contributed by atoms with Crippen LogP contribution in [-0.4, -0.2) is 23.0 Å². The molecule has 0 fully saturated rings. The summed E-state index contributed by atoms with van der Waals surface area (Å²) in [7, 11) is 1.36. The summed E-state index contributed by atoms with van der Waals surface area (Å²) in [6, 6.07) is 14.7. The minimum atomic E-state index is -0.371.